The predicted molar refractivity (Wildman–Crippen MR) is 187 cm³/mol. The van der Waals surface area contributed by atoms with Gasteiger partial charge in [0.1, 0.15) is 23.7 Å². The normalized spacial score (nSPS) is 11.1. The van der Waals surface area contributed by atoms with Gasteiger partial charge in [0, 0.05) is 47.3 Å². The van der Waals surface area contributed by atoms with E-state index in [9.17, 15) is 9.59 Å². The molecule has 8 nitrogen and oxygen atoms in total. The lowest BCUT2D eigenvalue weighted by Gasteiger charge is -2.21. The second-order valence-corrected chi connectivity index (χ2v) is 12.2. The molecule has 0 aliphatic rings. The van der Waals surface area contributed by atoms with Gasteiger partial charge >= 0.3 is 6.03 Å². The van der Waals surface area contributed by atoms with E-state index < -0.39 is 6.03 Å². The SMILES string of the molecule is CC(C)=CCn1c(=O)c(NC(=O)Nc2c(C(C)C)cccc2C(C)C)c(-c2cccc(OCc3cccnc3)c2)c2cccnc21. The van der Waals surface area contributed by atoms with Crippen LogP contribution in [0.2, 0.25) is 0 Å². The minimum absolute atomic E-state index is 0.165. The van der Waals surface area contributed by atoms with E-state index in [4.69, 9.17) is 4.74 Å². The van der Waals surface area contributed by atoms with Gasteiger partial charge in [0.2, 0.25) is 0 Å². The second-order valence-electron chi connectivity index (χ2n) is 12.2. The molecule has 2 N–H and O–H groups in total. The third-order valence-electron chi connectivity index (χ3n) is 7.80. The van der Waals surface area contributed by atoms with Crippen LogP contribution in [-0.4, -0.2) is 20.6 Å². The first-order valence-electron chi connectivity index (χ1n) is 15.6. The molecule has 236 valence electrons. The number of anilines is 2. The molecular weight excluding hydrogens is 574 g/mol. The van der Waals surface area contributed by atoms with E-state index >= 15 is 0 Å². The van der Waals surface area contributed by atoms with Crippen molar-refractivity contribution in [3.05, 3.63) is 124 Å². The van der Waals surface area contributed by atoms with Crippen molar-refractivity contribution in [2.75, 3.05) is 10.6 Å². The van der Waals surface area contributed by atoms with Crippen LogP contribution in [0.4, 0.5) is 16.2 Å². The fourth-order valence-electron chi connectivity index (χ4n) is 5.48. The molecule has 0 fully saturated rings. The lowest BCUT2D eigenvalue weighted by molar-refractivity contribution is 0.262. The maximum atomic E-state index is 14.3. The minimum atomic E-state index is -0.491. The minimum Gasteiger partial charge on any atom is -0.489 e. The van der Waals surface area contributed by atoms with Gasteiger partial charge in [-0.05, 0) is 72.7 Å². The zero-order valence-corrected chi connectivity index (χ0v) is 27.3. The topological polar surface area (TPSA) is 98.1 Å². The quantitative estimate of drug-likeness (QED) is 0.153. The van der Waals surface area contributed by atoms with E-state index in [-0.39, 0.29) is 23.1 Å². The van der Waals surface area contributed by atoms with Crippen LogP contribution in [0.1, 0.15) is 70.1 Å². The van der Waals surface area contributed by atoms with Gasteiger partial charge in [-0.15, -0.1) is 0 Å². The van der Waals surface area contributed by atoms with Crippen molar-refractivity contribution in [1.82, 2.24) is 14.5 Å². The van der Waals surface area contributed by atoms with Crippen LogP contribution in [-0.2, 0) is 13.2 Å². The average molecular weight is 616 g/mol. The molecule has 0 saturated carbocycles. The fraction of sp³-hybridized carbons (Fsp3) is 0.263. The van der Waals surface area contributed by atoms with Crippen molar-refractivity contribution in [3.63, 3.8) is 0 Å². The number of carbonyl (C=O) groups excluding carboxylic acids is 1. The number of benzene rings is 2. The van der Waals surface area contributed by atoms with Crippen LogP contribution in [0.25, 0.3) is 22.2 Å². The van der Waals surface area contributed by atoms with E-state index in [2.05, 4.69) is 48.3 Å². The number of hydrogen-bond donors (Lipinski definition) is 2. The first kappa shape index (κ1) is 32.2. The van der Waals surface area contributed by atoms with Crippen LogP contribution in [0.15, 0.2) is 102 Å². The number of hydrogen-bond acceptors (Lipinski definition) is 5. The van der Waals surface area contributed by atoms with Crippen molar-refractivity contribution in [3.8, 4) is 16.9 Å². The Bertz CT molecular complexity index is 1910. The lowest BCUT2D eigenvalue weighted by Crippen LogP contribution is -2.30. The molecule has 0 spiro atoms. The van der Waals surface area contributed by atoms with Gasteiger partial charge in [0.25, 0.3) is 5.56 Å². The Labute approximate surface area is 270 Å². The molecule has 3 heterocycles. The summed E-state index contributed by atoms with van der Waals surface area (Å²) in [5, 5.41) is 6.81. The Morgan fingerprint density at radius 1 is 0.891 bits per heavy atom. The maximum Gasteiger partial charge on any atom is 0.323 e. The fourth-order valence-corrected chi connectivity index (χ4v) is 5.48. The molecule has 8 heteroatoms. The van der Waals surface area contributed by atoms with Gasteiger partial charge in [0.05, 0.1) is 0 Å². The molecule has 0 atom stereocenters. The Hall–Kier alpha value is -5.24. The lowest BCUT2D eigenvalue weighted by atomic mass is 9.93. The van der Waals surface area contributed by atoms with Crippen molar-refractivity contribution in [1.29, 1.82) is 0 Å². The number of pyridine rings is 3. The van der Waals surface area contributed by atoms with Gasteiger partial charge in [-0.3, -0.25) is 14.3 Å². The summed E-state index contributed by atoms with van der Waals surface area (Å²) in [5.74, 6) is 0.994. The number of amides is 2. The Morgan fingerprint density at radius 3 is 2.26 bits per heavy atom. The van der Waals surface area contributed by atoms with Gasteiger partial charge < -0.3 is 15.4 Å². The van der Waals surface area contributed by atoms with E-state index in [0.29, 0.717) is 35.7 Å². The highest BCUT2D eigenvalue weighted by atomic mass is 16.5. The predicted octanol–water partition coefficient (Wildman–Crippen LogP) is 8.89. The van der Waals surface area contributed by atoms with Crippen LogP contribution in [0.5, 0.6) is 5.75 Å². The molecule has 2 aromatic carbocycles. The summed E-state index contributed by atoms with van der Waals surface area (Å²) in [4.78, 5) is 37.0. The van der Waals surface area contributed by atoms with Crippen molar-refractivity contribution in [2.45, 2.75) is 66.5 Å². The van der Waals surface area contributed by atoms with E-state index in [1.165, 1.54) is 0 Å². The van der Waals surface area contributed by atoms with Crippen molar-refractivity contribution < 1.29 is 9.53 Å². The molecule has 0 aliphatic heterocycles. The monoisotopic (exact) mass is 615 g/mol. The third-order valence-corrected chi connectivity index (χ3v) is 7.80. The van der Waals surface area contributed by atoms with Crippen LogP contribution < -0.4 is 20.9 Å². The van der Waals surface area contributed by atoms with Crippen LogP contribution in [0, 0.1) is 0 Å². The van der Waals surface area contributed by atoms with Crippen LogP contribution in [0.3, 0.4) is 0 Å². The number of nitrogens with one attached hydrogen (secondary N) is 2. The summed E-state index contributed by atoms with van der Waals surface area (Å²) < 4.78 is 7.71. The number of urea groups is 1. The summed E-state index contributed by atoms with van der Waals surface area (Å²) in [6, 6.07) is 20.7. The average Bonchev–Trinajstić information content (AvgIpc) is 3.04. The highest BCUT2D eigenvalue weighted by molar-refractivity contribution is 6.07. The molecule has 3 aromatic heterocycles. The third kappa shape index (κ3) is 7.18. The van der Waals surface area contributed by atoms with Crippen LogP contribution >= 0.6 is 0 Å². The number of fused-ring (bicyclic) bond motifs is 1. The molecule has 0 unspecified atom stereocenters. The molecule has 5 rings (SSSR count). The van der Waals surface area contributed by atoms with Gasteiger partial charge in [0.15, 0.2) is 0 Å². The zero-order valence-electron chi connectivity index (χ0n) is 27.3. The first-order valence-corrected chi connectivity index (χ1v) is 15.6. The largest absolute Gasteiger partial charge is 0.489 e. The number of allylic oxidation sites excluding steroid dienone is 2. The second kappa shape index (κ2) is 14.2. The molecule has 5 aromatic rings. The first-order chi connectivity index (χ1) is 22.1. The highest BCUT2D eigenvalue weighted by Crippen LogP contribution is 2.36. The molecule has 0 bridgehead atoms. The van der Waals surface area contributed by atoms with Gasteiger partial charge in [-0.1, -0.05) is 75.7 Å². The molecule has 46 heavy (non-hydrogen) atoms. The van der Waals surface area contributed by atoms with Gasteiger partial charge in [-0.25, -0.2) is 9.78 Å². The van der Waals surface area contributed by atoms with Crippen molar-refractivity contribution >= 4 is 28.4 Å². The summed E-state index contributed by atoms with van der Waals surface area (Å²) in [5.41, 5.74) is 6.47. The number of para-hydroxylation sites is 1. The van der Waals surface area contributed by atoms with E-state index in [0.717, 1.165) is 33.3 Å². The zero-order chi connectivity index (χ0) is 32.8. The number of carbonyl (C=O) groups is 1. The summed E-state index contributed by atoms with van der Waals surface area (Å²) in [6.45, 7) is 13.0. The van der Waals surface area contributed by atoms with Gasteiger partial charge in [-0.2, -0.15) is 0 Å². The summed E-state index contributed by atoms with van der Waals surface area (Å²) >= 11 is 0. The number of rotatable bonds is 10. The van der Waals surface area contributed by atoms with E-state index in [1.807, 2.05) is 86.7 Å². The standard InChI is InChI=1S/C38H41N5O3/c1-24(2)17-20-43-36-32(16-10-19-40-36)33(28-12-7-13-29(21-28)46-23-27-11-9-18-39-22-27)35(37(43)44)42-38(45)41-34-30(25(3)4)14-8-15-31(34)26(5)6/h7-19,21-22,25-26H,20,23H2,1-6H3,(H2,41,42,45). The summed E-state index contributed by atoms with van der Waals surface area (Å²) in [6.07, 6.45) is 7.13. The Kier molecular flexibility index (Phi) is 9.96. The van der Waals surface area contributed by atoms with Crippen molar-refractivity contribution in [2.24, 2.45) is 0 Å². The smallest absolute Gasteiger partial charge is 0.323 e. The molecule has 0 saturated heterocycles. The highest BCUT2D eigenvalue weighted by Gasteiger charge is 2.22. The van der Waals surface area contributed by atoms with E-state index in [1.54, 1.807) is 23.2 Å². The number of nitrogens with zero attached hydrogens (tertiary/aromatic N) is 3. The molecule has 0 aliphatic carbocycles. The molecule has 0 radical (unpaired) electrons. The maximum absolute atomic E-state index is 14.3. The number of aromatic nitrogens is 3. The Balaban J connectivity index is 1.63. The number of ether oxygens (including phenoxy) is 1. The Morgan fingerprint density at radius 2 is 1.59 bits per heavy atom. The molecular formula is C38H41N5O3. The molecule has 2 amide bonds. The summed E-state index contributed by atoms with van der Waals surface area (Å²) in [7, 11) is 0.